The number of fused-ring (bicyclic) bond motifs is 1. The molecule has 0 saturated carbocycles. The molecule has 3 aromatic rings. The largest absolute Gasteiger partial charge is 0.480 e. The van der Waals surface area contributed by atoms with Crippen molar-refractivity contribution in [3.05, 3.63) is 48.4 Å². The van der Waals surface area contributed by atoms with Gasteiger partial charge in [0.15, 0.2) is 0 Å². The third kappa shape index (κ3) is 3.33. The van der Waals surface area contributed by atoms with Crippen molar-refractivity contribution in [2.45, 2.75) is 18.9 Å². The molecule has 1 aromatic carbocycles. The Hall–Kier alpha value is -3.09. The predicted molar refractivity (Wildman–Crippen MR) is 96.4 cm³/mol. The molecule has 0 spiro atoms. The van der Waals surface area contributed by atoms with E-state index >= 15 is 0 Å². The van der Waals surface area contributed by atoms with Crippen LogP contribution < -0.4 is 9.47 Å². The number of hydrogen-bond donors (Lipinski definition) is 1. The van der Waals surface area contributed by atoms with Crippen LogP contribution in [-0.4, -0.2) is 52.1 Å². The summed E-state index contributed by atoms with van der Waals surface area (Å²) in [5, 5.41) is 1.10. The lowest BCUT2D eigenvalue weighted by Gasteiger charge is -2.32. The van der Waals surface area contributed by atoms with E-state index in [9.17, 15) is 4.79 Å². The van der Waals surface area contributed by atoms with Gasteiger partial charge < -0.3 is 19.4 Å². The molecule has 1 aliphatic heterocycles. The van der Waals surface area contributed by atoms with Crippen LogP contribution in [0.5, 0.6) is 11.8 Å². The van der Waals surface area contributed by atoms with E-state index in [4.69, 9.17) is 9.47 Å². The second-order valence-corrected chi connectivity index (χ2v) is 6.31. The highest BCUT2D eigenvalue weighted by Gasteiger charge is 2.26. The van der Waals surface area contributed by atoms with Gasteiger partial charge in [0.25, 0.3) is 5.91 Å². The number of methoxy groups -OCH3 is 1. The van der Waals surface area contributed by atoms with Crippen molar-refractivity contribution in [3.8, 4) is 11.8 Å². The van der Waals surface area contributed by atoms with E-state index in [0.29, 0.717) is 23.9 Å². The Balaban J connectivity index is 1.46. The first kappa shape index (κ1) is 16.4. The molecule has 0 bridgehead atoms. The Morgan fingerprint density at radius 3 is 3.04 bits per heavy atom. The molecule has 1 aliphatic rings. The number of H-pyrrole nitrogens is 1. The van der Waals surface area contributed by atoms with Gasteiger partial charge in [-0.2, -0.15) is 4.98 Å². The molecule has 7 heteroatoms. The number of carbonyl (C=O) groups is 1. The van der Waals surface area contributed by atoms with Crippen molar-refractivity contribution < 1.29 is 14.3 Å². The predicted octanol–water partition coefficient (Wildman–Crippen LogP) is 2.65. The Morgan fingerprint density at radius 1 is 1.27 bits per heavy atom. The second kappa shape index (κ2) is 7.03. The molecule has 3 heterocycles. The molecule has 1 amide bonds. The number of piperidine rings is 1. The molecule has 1 saturated heterocycles. The summed E-state index contributed by atoms with van der Waals surface area (Å²) in [5.41, 5.74) is 1.65. The minimum absolute atomic E-state index is 0.0199. The van der Waals surface area contributed by atoms with Gasteiger partial charge in [0.2, 0.25) is 11.8 Å². The number of benzene rings is 1. The van der Waals surface area contributed by atoms with E-state index in [0.717, 1.165) is 30.3 Å². The number of hydrogen-bond acceptors (Lipinski definition) is 5. The Bertz CT molecular complexity index is 924. The van der Waals surface area contributed by atoms with Gasteiger partial charge in [-0.25, -0.2) is 0 Å². The lowest BCUT2D eigenvalue weighted by Crippen LogP contribution is -2.44. The van der Waals surface area contributed by atoms with Crippen molar-refractivity contribution in [3.63, 3.8) is 0 Å². The van der Waals surface area contributed by atoms with Crippen LogP contribution in [0.4, 0.5) is 0 Å². The normalized spacial score (nSPS) is 17.3. The van der Waals surface area contributed by atoms with E-state index in [1.54, 1.807) is 6.20 Å². The maximum atomic E-state index is 12.9. The summed E-state index contributed by atoms with van der Waals surface area (Å²) in [6.07, 6.45) is 6.61. The molecule has 2 aromatic heterocycles. The molecule has 1 atom stereocenters. The molecule has 0 aliphatic carbocycles. The average molecular weight is 352 g/mol. The molecule has 1 fully saturated rings. The number of aromatic amines is 1. The fourth-order valence-corrected chi connectivity index (χ4v) is 3.24. The van der Waals surface area contributed by atoms with Crippen LogP contribution in [-0.2, 0) is 0 Å². The van der Waals surface area contributed by atoms with Gasteiger partial charge in [-0.3, -0.25) is 9.78 Å². The van der Waals surface area contributed by atoms with Crippen LogP contribution >= 0.6 is 0 Å². The smallest absolute Gasteiger partial charge is 0.254 e. The molecular formula is C19H20N4O3. The van der Waals surface area contributed by atoms with Gasteiger partial charge in [-0.05, 0) is 36.4 Å². The number of amides is 1. The lowest BCUT2D eigenvalue weighted by molar-refractivity contribution is 0.0525. The summed E-state index contributed by atoms with van der Waals surface area (Å²) < 4.78 is 11.0. The van der Waals surface area contributed by atoms with Crippen LogP contribution in [0.2, 0.25) is 0 Å². The molecule has 134 valence electrons. The van der Waals surface area contributed by atoms with Crippen LogP contribution in [0.1, 0.15) is 23.2 Å². The summed E-state index contributed by atoms with van der Waals surface area (Å²) in [7, 11) is 1.54. The minimum Gasteiger partial charge on any atom is -0.480 e. The zero-order valence-electron chi connectivity index (χ0n) is 14.5. The van der Waals surface area contributed by atoms with E-state index in [-0.39, 0.29) is 12.0 Å². The number of ether oxygens (including phenoxy) is 2. The first-order valence-electron chi connectivity index (χ1n) is 8.62. The molecule has 0 radical (unpaired) electrons. The zero-order chi connectivity index (χ0) is 17.9. The minimum atomic E-state index is -0.108. The quantitative estimate of drug-likeness (QED) is 0.781. The molecule has 1 N–H and O–H groups in total. The van der Waals surface area contributed by atoms with Crippen molar-refractivity contribution in [2.75, 3.05) is 20.2 Å². The number of nitrogens with one attached hydrogen (secondary N) is 1. The Kier molecular flexibility index (Phi) is 4.43. The van der Waals surface area contributed by atoms with Crippen LogP contribution in [0.25, 0.3) is 10.9 Å². The highest BCUT2D eigenvalue weighted by atomic mass is 16.5. The fraction of sp³-hybridized carbons (Fsp3) is 0.316. The van der Waals surface area contributed by atoms with Crippen LogP contribution in [0.3, 0.4) is 0 Å². The fourth-order valence-electron chi connectivity index (χ4n) is 3.24. The first-order valence-corrected chi connectivity index (χ1v) is 8.62. The summed E-state index contributed by atoms with van der Waals surface area (Å²) in [6, 6.07) is 7.72. The summed E-state index contributed by atoms with van der Waals surface area (Å²) in [6.45, 7) is 1.26. The first-order chi connectivity index (χ1) is 12.7. The summed E-state index contributed by atoms with van der Waals surface area (Å²) in [4.78, 5) is 26.1. The van der Waals surface area contributed by atoms with Gasteiger partial charge in [0.1, 0.15) is 6.10 Å². The monoisotopic (exact) mass is 352 g/mol. The number of aromatic nitrogens is 3. The Labute approximate surface area is 151 Å². The topological polar surface area (TPSA) is 80.3 Å². The SMILES string of the molecule is COc1cncc(OC2CCCN(C(=O)c3ccc4cc[nH]c4c3)C2)n1. The van der Waals surface area contributed by atoms with Crippen molar-refractivity contribution in [1.29, 1.82) is 0 Å². The van der Waals surface area contributed by atoms with E-state index < -0.39 is 0 Å². The van der Waals surface area contributed by atoms with E-state index in [2.05, 4.69) is 15.0 Å². The third-order valence-corrected chi connectivity index (χ3v) is 4.55. The summed E-state index contributed by atoms with van der Waals surface area (Å²) >= 11 is 0. The van der Waals surface area contributed by atoms with Crippen LogP contribution in [0.15, 0.2) is 42.9 Å². The molecular weight excluding hydrogens is 332 g/mol. The lowest BCUT2D eigenvalue weighted by atomic mass is 10.1. The number of nitrogens with zero attached hydrogens (tertiary/aromatic N) is 3. The number of likely N-dealkylation sites (tertiary alicyclic amines) is 1. The van der Waals surface area contributed by atoms with Gasteiger partial charge in [-0.1, -0.05) is 6.07 Å². The maximum Gasteiger partial charge on any atom is 0.254 e. The van der Waals surface area contributed by atoms with Crippen molar-refractivity contribution in [1.82, 2.24) is 19.9 Å². The van der Waals surface area contributed by atoms with Gasteiger partial charge in [-0.15, -0.1) is 0 Å². The van der Waals surface area contributed by atoms with Crippen molar-refractivity contribution >= 4 is 16.8 Å². The van der Waals surface area contributed by atoms with Crippen LogP contribution in [0, 0.1) is 0 Å². The zero-order valence-corrected chi connectivity index (χ0v) is 14.5. The van der Waals surface area contributed by atoms with Gasteiger partial charge in [0.05, 0.1) is 26.0 Å². The van der Waals surface area contributed by atoms with Crippen molar-refractivity contribution in [2.24, 2.45) is 0 Å². The molecule has 7 nitrogen and oxygen atoms in total. The van der Waals surface area contributed by atoms with Gasteiger partial charge in [0, 0.05) is 23.8 Å². The highest BCUT2D eigenvalue weighted by Crippen LogP contribution is 2.21. The van der Waals surface area contributed by atoms with E-state index in [1.807, 2.05) is 35.4 Å². The second-order valence-electron chi connectivity index (χ2n) is 6.31. The Morgan fingerprint density at radius 2 is 2.15 bits per heavy atom. The maximum absolute atomic E-state index is 12.9. The number of carbonyl (C=O) groups excluding carboxylic acids is 1. The average Bonchev–Trinajstić information content (AvgIpc) is 3.15. The van der Waals surface area contributed by atoms with E-state index in [1.165, 1.54) is 13.3 Å². The highest BCUT2D eigenvalue weighted by molar-refractivity contribution is 5.98. The molecule has 26 heavy (non-hydrogen) atoms. The number of rotatable bonds is 4. The third-order valence-electron chi connectivity index (χ3n) is 4.55. The van der Waals surface area contributed by atoms with Gasteiger partial charge >= 0.3 is 0 Å². The molecule has 1 unspecified atom stereocenters. The standard InChI is InChI=1S/C19H20N4O3/c1-25-17-10-20-11-18(22-17)26-15-3-2-8-23(12-15)19(24)14-5-4-13-6-7-21-16(13)9-14/h4-7,9-11,15,21H,2-3,8,12H2,1H3. The summed E-state index contributed by atoms with van der Waals surface area (Å²) in [5.74, 6) is 0.841. The molecule has 4 rings (SSSR count).